The molecule has 0 unspecified atom stereocenters. The SMILES string of the molecule is Cc1ccccc1CSc1ccc(-c2ccc(-n3ccnc3)cc2)nn1. The third kappa shape index (κ3) is 3.68. The summed E-state index contributed by atoms with van der Waals surface area (Å²) in [6, 6.07) is 20.7. The van der Waals surface area contributed by atoms with E-state index in [1.807, 2.05) is 22.9 Å². The Morgan fingerprint density at radius 3 is 2.46 bits per heavy atom. The molecule has 0 aliphatic rings. The number of aromatic nitrogens is 4. The number of thioether (sulfide) groups is 1. The monoisotopic (exact) mass is 358 g/mol. The summed E-state index contributed by atoms with van der Waals surface area (Å²) in [5, 5.41) is 9.69. The molecule has 0 saturated heterocycles. The zero-order chi connectivity index (χ0) is 17.8. The minimum absolute atomic E-state index is 0.877. The van der Waals surface area contributed by atoms with Crippen LogP contribution in [0.25, 0.3) is 16.9 Å². The molecule has 0 N–H and O–H groups in total. The number of hydrogen-bond donors (Lipinski definition) is 0. The van der Waals surface area contributed by atoms with Crippen molar-refractivity contribution >= 4 is 11.8 Å². The second kappa shape index (κ2) is 7.54. The van der Waals surface area contributed by atoms with Gasteiger partial charge in [-0.2, -0.15) is 0 Å². The highest BCUT2D eigenvalue weighted by atomic mass is 32.2. The highest BCUT2D eigenvalue weighted by molar-refractivity contribution is 7.98. The van der Waals surface area contributed by atoms with Crippen molar-refractivity contribution in [2.24, 2.45) is 0 Å². The first-order valence-electron chi connectivity index (χ1n) is 8.39. The summed E-state index contributed by atoms with van der Waals surface area (Å²) >= 11 is 1.71. The first kappa shape index (κ1) is 16.5. The number of hydrogen-bond acceptors (Lipinski definition) is 4. The van der Waals surface area contributed by atoms with Gasteiger partial charge in [-0.15, -0.1) is 10.2 Å². The molecule has 2 aromatic carbocycles. The number of benzene rings is 2. The molecule has 0 aliphatic carbocycles. The van der Waals surface area contributed by atoms with Crippen LogP contribution in [-0.4, -0.2) is 19.7 Å². The minimum Gasteiger partial charge on any atom is -0.306 e. The lowest BCUT2D eigenvalue weighted by Crippen LogP contribution is -1.92. The standard InChI is InChI=1S/C21H18N4S/c1-16-4-2-3-5-18(16)14-26-21-11-10-20(23-24-21)17-6-8-19(9-7-17)25-13-12-22-15-25/h2-13,15H,14H2,1H3. The Morgan fingerprint density at radius 2 is 1.77 bits per heavy atom. The first-order chi connectivity index (χ1) is 12.8. The maximum Gasteiger partial charge on any atom is 0.119 e. The van der Waals surface area contributed by atoms with E-state index in [-0.39, 0.29) is 0 Å². The summed E-state index contributed by atoms with van der Waals surface area (Å²) in [5.41, 5.74) is 5.64. The van der Waals surface area contributed by atoms with E-state index >= 15 is 0 Å². The summed E-state index contributed by atoms with van der Waals surface area (Å²) in [6.07, 6.45) is 5.48. The van der Waals surface area contributed by atoms with E-state index in [0.29, 0.717) is 0 Å². The largest absolute Gasteiger partial charge is 0.306 e. The van der Waals surface area contributed by atoms with E-state index in [2.05, 4.69) is 70.6 Å². The molecule has 0 radical (unpaired) electrons. The second-order valence-electron chi connectivity index (χ2n) is 5.99. The van der Waals surface area contributed by atoms with E-state index in [1.165, 1.54) is 11.1 Å². The van der Waals surface area contributed by atoms with Gasteiger partial charge in [-0.25, -0.2) is 4.98 Å². The number of imidazole rings is 1. The molecule has 4 aromatic rings. The topological polar surface area (TPSA) is 43.6 Å². The fourth-order valence-corrected chi connectivity index (χ4v) is 3.58. The fraction of sp³-hybridized carbons (Fsp3) is 0.0952. The Morgan fingerprint density at radius 1 is 0.923 bits per heavy atom. The Labute approximate surface area is 157 Å². The molecule has 26 heavy (non-hydrogen) atoms. The van der Waals surface area contributed by atoms with Gasteiger partial charge in [0.25, 0.3) is 0 Å². The summed E-state index contributed by atoms with van der Waals surface area (Å²) in [6.45, 7) is 2.14. The highest BCUT2D eigenvalue weighted by Crippen LogP contribution is 2.24. The second-order valence-corrected chi connectivity index (χ2v) is 6.98. The fourth-order valence-electron chi connectivity index (χ4n) is 2.69. The van der Waals surface area contributed by atoms with Gasteiger partial charge in [0.15, 0.2) is 0 Å². The first-order valence-corrected chi connectivity index (χ1v) is 9.38. The smallest absolute Gasteiger partial charge is 0.119 e. The van der Waals surface area contributed by atoms with Crippen molar-refractivity contribution in [2.45, 2.75) is 17.7 Å². The van der Waals surface area contributed by atoms with Crippen LogP contribution in [0.3, 0.4) is 0 Å². The van der Waals surface area contributed by atoms with Gasteiger partial charge in [-0.3, -0.25) is 0 Å². The van der Waals surface area contributed by atoms with Crippen LogP contribution in [0, 0.1) is 6.92 Å². The van der Waals surface area contributed by atoms with E-state index in [9.17, 15) is 0 Å². The van der Waals surface area contributed by atoms with Crippen LogP contribution in [0.2, 0.25) is 0 Å². The molecule has 4 nitrogen and oxygen atoms in total. The van der Waals surface area contributed by atoms with E-state index in [4.69, 9.17) is 0 Å². The summed E-state index contributed by atoms with van der Waals surface area (Å²) < 4.78 is 1.97. The van der Waals surface area contributed by atoms with Gasteiger partial charge in [0.2, 0.25) is 0 Å². The molecule has 0 bridgehead atoms. The molecule has 4 rings (SSSR count). The lowest BCUT2D eigenvalue weighted by molar-refractivity contribution is 0.935. The predicted octanol–water partition coefficient (Wildman–Crippen LogP) is 4.93. The average Bonchev–Trinajstić information content (AvgIpc) is 3.23. The van der Waals surface area contributed by atoms with Gasteiger partial charge >= 0.3 is 0 Å². The van der Waals surface area contributed by atoms with Gasteiger partial charge in [-0.1, -0.05) is 48.2 Å². The zero-order valence-corrected chi connectivity index (χ0v) is 15.2. The normalized spacial score (nSPS) is 10.8. The van der Waals surface area contributed by atoms with Crippen LogP contribution in [0.4, 0.5) is 0 Å². The molecule has 0 fully saturated rings. The zero-order valence-electron chi connectivity index (χ0n) is 14.4. The highest BCUT2D eigenvalue weighted by Gasteiger charge is 2.04. The Hall–Kier alpha value is -2.92. The molecule has 0 atom stereocenters. The van der Waals surface area contributed by atoms with Crippen LogP contribution < -0.4 is 0 Å². The minimum atomic E-state index is 0.877. The van der Waals surface area contributed by atoms with Crippen molar-refractivity contribution in [3.05, 3.63) is 90.5 Å². The van der Waals surface area contributed by atoms with Gasteiger partial charge in [0.05, 0.1) is 12.0 Å². The van der Waals surface area contributed by atoms with Gasteiger partial charge < -0.3 is 4.57 Å². The lowest BCUT2D eigenvalue weighted by atomic mass is 10.1. The number of rotatable bonds is 5. The van der Waals surface area contributed by atoms with Crippen LogP contribution in [0.5, 0.6) is 0 Å². The predicted molar refractivity (Wildman–Crippen MR) is 105 cm³/mol. The number of nitrogens with zero attached hydrogens (tertiary/aromatic N) is 4. The lowest BCUT2D eigenvalue weighted by Gasteiger charge is -2.06. The summed E-state index contributed by atoms with van der Waals surface area (Å²) in [5.74, 6) is 0.903. The third-order valence-electron chi connectivity index (χ3n) is 4.24. The van der Waals surface area contributed by atoms with Crippen molar-refractivity contribution in [1.82, 2.24) is 19.7 Å². The van der Waals surface area contributed by atoms with Crippen molar-refractivity contribution in [3.8, 4) is 16.9 Å². The third-order valence-corrected chi connectivity index (χ3v) is 5.21. The van der Waals surface area contributed by atoms with Gasteiger partial charge in [0.1, 0.15) is 5.03 Å². The quantitative estimate of drug-likeness (QED) is 0.475. The molecule has 0 aliphatic heterocycles. The van der Waals surface area contributed by atoms with Crippen LogP contribution in [-0.2, 0) is 5.75 Å². The van der Waals surface area contributed by atoms with Crippen molar-refractivity contribution in [1.29, 1.82) is 0 Å². The van der Waals surface area contributed by atoms with Crippen LogP contribution in [0.1, 0.15) is 11.1 Å². The molecule has 5 heteroatoms. The maximum absolute atomic E-state index is 4.39. The molecule has 0 amide bonds. The van der Waals surface area contributed by atoms with E-state index in [0.717, 1.165) is 27.7 Å². The van der Waals surface area contributed by atoms with Crippen molar-refractivity contribution in [2.75, 3.05) is 0 Å². The average molecular weight is 358 g/mol. The van der Waals surface area contributed by atoms with Crippen molar-refractivity contribution < 1.29 is 0 Å². The molecule has 2 aromatic heterocycles. The van der Waals surface area contributed by atoms with Crippen LogP contribution >= 0.6 is 11.8 Å². The van der Waals surface area contributed by atoms with Gasteiger partial charge in [0, 0.05) is 29.4 Å². The summed E-state index contributed by atoms with van der Waals surface area (Å²) in [4.78, 5) is 4.07. The molecular formula is C21H18N4S. The Kier molecular flexibility index (Phi) is 4.80. The molecule has 128 valence electrons. The van der Waals surface area contributed by atoms with Crippen LogP contribution in [0.15, 0.2) is 84.4 Å². The molecule has 0 spiro atoms. The number of aryl methyl sites for hydroxylation is 1. The summed E-state index contributed by atoms with van der Waals surface area (Å²) in [7, 11) is 0. The molecule has 2 heterocycles. The Bertz CT molecular complexity index is 977. The molecular weight excluding hydrogens is 340 g/mol. The van der Waals surface area contributed by atoms with E-state index < -0.39 is 0 Å². The van der Waals surface area contributed by atoms with E-state index in [1.54, 1.807) is 24.3 Å². The van der Waals surface area contributed by atoms with Crippen molar-refractivity contribution in [3.63, 3.8) is 0 Å². The van der Waals surface area contributed by atoms with Gasteiger partial charge in [-0.05, 0) is 42.3 Å². The Balaban J connectivity index is 1.45. The molecule has 0 saturated carbocycles. The maximum atomic E-state index is 4.39.